The number of aromatic nitrogens is 2. The lowest BCUT2D eigenvalue weighted by Crippen LogP contribution is -1.93. The lowest BCUT2D eigenvalue weighted by Gasteiger charge is -2.12. The number of para-hydroxylation sites is 1. The van der Waals surface area contributed by atoms with Crippen molar-refractivity contribution in [1.82, 2.24) is 9.97 Å². The first-order valence-electron chi connectivity index (χ1n) is 7.41. The fourth-order valence-corrected chi connectivity index (χ4v) is 3.10. The number of methoxy groups -OCH3 is 2. The minimum Gasteiger partial charge on any atom is -0.493 e. The zero-order chi connectivity index (χ0) is 16.0. The van der Waals surface area contributed by atoms with Crippen LogP contribution in [0.5, 0.6) is 11.5 Å². The Kier molecular flexibility index (Phi) is 3.05. The van der Waals surface area contributed by atoms with E-state index in [1.807, 2.05) is 24.5 Å². The summed E-state index contributed by atoms with van der Waals surface area (Å²) in [6, 6.07) is 10.1. The molecule has 0 aliphatic carbocycles. The molecule has 23 heavy (non-hydrogen) atoms. The molecule has 2 aromatic carbocycles. The molecule has 0 atom stereocenters. The quantitative estimate of drug-likeness (QED) is 0.519. The molecule has 0 amide bonds. The van der Waals surface area contributed by atoms with E-state index >= 15 is 0 Å². The van der Waals surface area contributed by atoms with E-state index in [9.17, 15) is 0 Å². The van der Waals surface area contributed by atoms with Crippen LogP contribution in [-0.4, -0.2) is 24.2 Å². The second-order valence-electron chi connectivity index (χ2n) is 5.54. The SMILES string of the molecule is COc1cc2ncc3cnc4c(C)cccc4c3c2cc1OC. The Morgan fingerprint density at radius 2 is 1.61 bits per heavy atom. The molecule has 4 nitrogen and oxygen atoms in total. The van der Waals surface area contributed by atoms with Crippen molar-refractivity contribution in [3.63, 3.8) is 0 Å². The third-order valence-electron chi connectivity index (χ3n) is 4.24. The van der Waals surface area contributed by atoms with Gasteiger partial charge in [-0.2, -0.15) is 0 Å². The van der Waals surface area contributed by atoms with E-state index < -0.39 is 0 Å². The van der Waals surface area contributed by atoms with Gasteiger partial charge in [-0.05, 0) is 18.6 Å². The monoisotopic (exact) mass is 304 g/mol. The molecule has 0 aliphatic heterocycles. The van der Waals surface area contributed by atoms with Crippen molar-refractivity contribution in [3.05, 3.63) is 48.3 Å². The van der Waals surface area contributed by atoms with Gasteiger partial charge in [0.25, 0.3) is 0 Å². The third-order valence-corrected chi connectivity index (χ3v) is 4.24. The Bertz CT molecular complexity index is 1060. The van der Waals surface area contributed by atoms with Crippen LogP contribution in [0.2, 0.25) is 0 Å². The van der Waals surface area contributed by atoms with Gasteiger partial charge in [0.1, 0.15) is 0 Å². The topological polar surface area (TPSA) is 44.2 Å². The van der Waals surface area contributed by atoms with Crippen LogP contribution in [0.3, 0.4) is 0 Å². The van der Waals surface area contributed by atoms with Gasteiger partial charge < -0.3 is 9.47 Å². The molecular weight excluding hydrogens is 288 g/mol. The van der Waals surface area contributed by atoms with Crippen molar-refractivity contribution < 1.29 is 9.47 Å². The van der Waals surface area contributed by atoms with Gasteiger partial charge in [0, 0.05) is 40.0 Å². The zero-order valence-corrected chi connectivity index (χ0v) is 13.3. The van der Waals surface area contributed by atoms with Crippen LogP contribution in [0.15, 0.2) is 42.7 Å². The predicted octanol–water partition coefficient (Wildman–Crippen LogP) is 4.26. The Balaban J connectivity index is 2.24. The number of rotatable bonds is 2. The molecule has 0 fully saturated rings. The summed E-state index contributed by atoms with van der Waals surface area (Å²) in [5, 5.41) is 4.33. The van der Waals surface area contributed by atoms with Crippen LogP contribution in [0.25, 0.3) is 32.6 Å². The molecule has 0 bridgehead atoms. The van der Waals surface area contributed by atoms with Gasteiger partial charge in [-0.25, -0.2) is 0 Å². The first-order valence-corrected chi connectivity index (χ1v) is 7.41. The second-order valence-corrected chi connectivity index (χ2v) is 5.54. The molecule has 0 spiro atoms. The van der Waals surface area contributed by atoms with Crippen LogP contribution in [0, 0.1) is 6.92 Å². The number of nitrogens with zero attached hydrogens (tertiary/aromatic N) is 2. The van der Waals surface area contributed by atoms with Crippen molar-refractivity contribution in [3.8, 4) is 11.5 Å². The maximum Gasteiger partial charge on any atom is 0.162 e. The summed E-state index contributed by atoms with van der Waals surface area (Å²) in [6.07, 6.45) is 3.74. The Morgan fingerprint density at radius 1 is 0.870 bits per heavy atom. The number of hydrogen-bond acceptors (Lipinski definition) is 4. The lowest BCUT2D eigenvalue weighted by atomic mass is 10.0. The van der Waals surface area contributed by atoms with Crippen molar-refractivity contribution in [2.45, 2.75) is 6.92 Å². The van der Waals surface area contributed by atoms with Crippen molar-refractivity contribution >= 4 is 32.6 Å². The normalized spacial score (nSPS) is 11.3. The molecule has 114 valence electrons. The maximum atomic E-state index is 5.46. The van der Waals surface area contributed by atoms with Gasteiger partial charge >= 0.3 is 0 Å². The summed E-state index contributed by atoms with van der Waals surface area (Å²) in [7, 11) is 3.28. The van der Waals surface area contributed by atoms with Gasteiger partial charge in [0.15, 0.2) is 11.5 Å². The fourth-order valence-electron chi connectivity index (χ4n) is 3.10. The molecule has 0 saturated heterocycles. The van der Waals surface area contributed by atoms with Crippen LogP contribution in [-0.2, 0) is 0 Å². The van der Waals surface area contributed by atoms with Crippen molar-refractivity contribution in [1.29, 1.82) is 0 Å². The van der Waals surface area contributed by atoms with E-state index in [1.165, 1.54) is 0 Å². The predicted molar refractivity (Wildman–Crippen MR) is 92.4 cm³/mol. The highest BCUT2D eigenvalue weighted by molar-refractivity contribution is 6.18. The summed E-state index contributed by atoms with van der Waals surface area (Å²) >= 11 is 0. The second kappa shape index (κ2) is 5.09. The number of hydrogen-bond donors (Lipinski definition) is 0. The highest BCUT2D eigenvalue weighted by Crippen LogP contribution is 2.37. The number of aryl methyl sites for hydroxylation is 1. The molecule has 4 heteroatoms. The Hall–Kier alpha value is -2.88. The van der Waals surface area contributed by atoms with E-state index in [0.717, 1.165) is 38.1 Å². The highest BCUT2D eigenvalue weighted by atomic mass is 16.5. The summed E-state index contributed by atoms with van der Waals surface area (Å²) in [5.41, 5.74) is 3.06. The van der Waals surface area contributed by atoms with Gasteiger partial charge in [0.05, 0.1) is 25.3 Å². The minimum absolute atomic E-state index is 0.682. The molecule has 0 unspecified atom stereocenters. The molecule has 2 aromatic heterocycles. The smallest absolute Gasteiger partial charge is 0.162 e. The highest BCUT2D eigenvalue weighted by Gasteiger charge is 2.12. The standard InChI is InChI=1S/C19H16N2O2/c1-11-5-4-6-13-18-12(10-21-19(11)13)9-20-15-8-17(23-3)16(22-2)7-14(15)18/h4-10H,1-3H3. The van der Waals surface area contributed by atoms with Gasteiger partial charge in [-0.15, -0.1) is 0 Å². The molecule has 0 N–H and O–H groups in total. The fraction of sp³-hybridized carbons (Fsp3) is 0.158. The minimum atomic E-state index is 0.682. The molecule has 4 rings (SSSR count). The first-order chi connectivity index (χ1) is 11.2. The van der Waals surface area contributed by atoms with Gasteiger partial charge in [-0.1, -0.05) is 18.2 Å². The van der Waals surface area contributed by atoms with Crippen molar-refractivity contribution in [2.24, 2.45) is 0 Å². The van der Waals surface area contributed by atoms with Gasteiger partial charge in [-0.3, -0.25) is 9.97 Å². The largest absolute Gasteiger partial charge is 0.493 e. The van der Waals surface area contributed by atoms with Crippen LogP contribution < -0.4 is 9.47 Å². The average molecular weight is 304 g/mol. The van der Waals surface area contributed by atoms with E-state index in [0.29, 0.717) is 11.5 Å². The maximum absolute atomic E-state index is 5.46. The molecule has 4 aromatic rings. The lowest BCUT2D eigenvalue weighted by molar-refractivity contribution is 0.356. The van der Waals surface area contributed by atoms with Crippen LogP contribution in [0.4, 0.5) is 0 Å². The summed E-state index contributed by atoms with van der Waals surface area (Å²) < 4.78 is 10.8. The average Bonchev–Trinajstić information content (AvgIpc) is 2.60. The number of ether oxygens (including phenoxy) is 2. The Morgan fingerprint density at radius 3 is 2.39 bits per heavy atom. The van der Waals surface area contributed by atoms with E-state index in [4.69, 9.17) is 9.47 Å². The summed E-state index contributed by atoms with van der Waals surface area (Å²) in [5.74, 6) is 1.38. The molecule has 0 aliphatic rings. The zero-order valence-electron chi connectivity index (χ0n) is 13.3. The molecule has 0 saturated carbocycles. The number of fused-ring (bicyclic) bond motifs is 5. The number of benzene rings is 2. The van der Waals surface area contributed by atoms with E-state index in [1.54, 1.807) is 14.2 Å². The molecular formula is C19H16N2O2. The summed E-state index contributed by atoms with van der Waals surface area (Å²) in [4.78, 5) is 9.14. The Labute approximate surface area is 133 Å². The van der Waals surface area contributed by atoms with Crippen LogP contribution in [0.1, 0.15) is 5.56 Å². The molecule has 0 radical (unpaired) electrons. The summed E-state index contributed by atoms with van der Waals surface area (Å²) in [6.45, 7) is 2.08. The number of pyridine rings is 2. The van der Waals surface area contributed by atoms with Crippen LogP contribution >= 0.6 is 0 Å². The van der Waals surface area contributed by atoms with E-state index in [-0.39, 0.29) is 0 Å². The van der Waals surface area contributed by atoms with Gasteiger partial charge in [0.2, 0.25) is 0 Å². The third kappa shape index (κ3) is 1.99. The molecule has 2 heterocycles. The van der Waals surface area contributed by atoms with E-state index in [2.05, 4.69) is 35.1 Å². The first kappa shape index (κ1) is 13.8. The van der Waals surface area contributed by atoms with Crippen molar-refractivity contribution in [2.75, 3.05) is 14.2 Å².